The molecule has 8 nitrogen and oxygen atoms in total. The Labute approximate surface area is 178 Å². The summed E-state index contributed by atoms with van der Waals surface area (Å²) in [6.07, 6.45) is 2.19. The average Bonchev–Trinajstić information content (AvgIpc) is 3.50. The highest BCUT2D eigenvalue weighted by Gasteiger charge is 2.36. The number of hydrogen-bond acceptors (Lipinski definition) is 4. The molecule has 1 fully saturated rings. The Bertz CT molecular complexity index is 1270. The number of fused-ring (bicyclic) bond motifs is 2. The number of methoxy groups -OCH3 is 1. The van der Waals surface area contributed by atoms with Crippen molar-refractivity contribution >= 4 is 39.4 Å². The molecule has 5 rings (SSSR count). The van der Waals surface area contributed by atoms with E-state index in [1.54, 1.807) is 12.0 Å². The number of amides is 2. The van der Waals surface area contributed by atoms with Gasteiger partial charge in [-0.1, -0.05) is 12.1 Å². The Hall–Kier alpha value is -3.81. The van der Waals surface area contributed by atoms with Gasteiger partial charge in [0.05, 0.1) is 18.5 Å². The first kappa shape index (κ1) is 19.2. The standard InChI is InChI=1S/C23H23N5O3/c1-31-17-6-7-20-15(12-17)8-10-27(20)11-9-24-23(30)16-13-21(29)28(14-16)22-18-4-2-3-5-19(18)25-26-22/h2-8,10,12,16H,9,11,13-14H2,1H3,(H,24,30)(H,25,26)/t16-/m0/s1. The zero-order valence-electron chi connectivity index (χ0n) is 17.2. The van der Waals surface area contributed by atoms with Crippen LogP contribution in [-0.2, 0) is 16.1 Å². The Morgan fingerprint density at radius 1 is 1.26 bits per heavy atom. The van der Waals surface area contributed by atoms with Gasteiger partial charge >= 0.3 is 0 Å². The van der Waals surface area contributed by atoms with E-state index >= 15 is 0 Å². The van der Waals surface area contributed by atoms with E-state index in [0.29, 0.717) is 25.5 Å². The molecule has 31 heavy (non-hydrogen) atoms. The molecular weight excluding hydrogens is 394 g/mol. The summed E-state index contributed by atoms with van der Waals surface area (Å²) in [6, 6.07) is 15.6. The third-order valence-corrected chi connectivity index (χ3v) is 5.83. The molecule has 2 amide bonds. The molecule has 0 radical (unpaired) electrons. The number of carbonyl (C=O) groups is 2. The van der Waals surface area contributed by atoms with Crippen LogP contribution in [0.2, 0.25) is 0 Å². The number of H-pyrrole nitrogens is 1. The molecule has 158 valence electrons. The number of nitrogens with one attached hydrogen (secondary N) is 2. The number of aromatic nitrogens is 3. The number of anilines is 1. The molecule has 4 aromatic rings. The molecule has 1 aliphatic heterocycles. The molecule has 8 heteroatoms. The van der Waals surface area contributed by atoms with Crippen LogP contribution in [-0.4, -0.2) is 46.8 Å². The molecule has 0 bridgehead atoms. The van der Waals surface area contributed by atoms with Crippen molar-refractivity contribution in [3.05, 3.63) is 54.7 Å². The highest BCUT2D eigenvalue weighted by Crippen LogP contribution is 2.29. The van der Waals surface area contributed by atoms with E-state index in [-0.39, 0.29) is 24.2 Å². The van der Waals surface area contributed by atoms with Crippen LogP contribution in [0.4, 0.5) is 5.82 Å². The van der Waals surface area contributed by atoms with Crippen molar-refractivity contribution in [2.45, 2.75) is 13.0 Å². The maximum absolute atomic E-state index is 12.7. The molecule has 2 aromatic heterocycles. The van der Waals surface area contributed by atoms with E-state index in [1.165, 1.54) is 0 Å². The second-order valence-corrected chi connectivity index (χ2v) is 7.72. The van der Waals surface area contributed by atoms with Gasteiger partial charge in [0.25, 0.3) is 0 Å². The van der Waals surface area contributed by atoms with Crippen molar-refractivity contribution in [1.82, 2.24) is 20.1 Å². The van der Waals surface area contributed by atoms with Gasteiger partial charge in [0.1, 0.15) is 5.75 Å². The molecule has 1 atom stereocenters. The van der Waals surface area contributed by atoms with E-state index in [1.807, 2.05) is 54.7 Å². The zero-order chi connectivity index (χ0) is 21.4. The average molecular weight is 417 g/mol. The lowest BCUT2D eigenvalue weighted by atomic mass is 10.1. The fraction of sp³-hybridized carbons (Fsp3) is 0.261. The fourth-order valence-electron chi connectivity index (χ4n) is 4.19. The molecule has 0 unspecified atom stereocenters. The molecule has 3 heterocycles. The van der Waals surface area contributed by atoms with Gasteiger partial charge in [-0.15, -0.1) is 0 Å². The summed E-state index contributed by atoms with van der Waals surface area (Å²) >= 11 is 0. The number of aromatic amines is 1. The van der Waals surface area contributed by atoms with Crippen LogP contribution in [0.1, 0.15) is 6.42 Å². The number of nitrogens with zero attached hydrogens (tertiary/aromatic N) is 3. The van der Waals surface area contributed by atoms with Crippen LogP contribution in [0.3, 0.4) is 0 Å². The summed E-state index contributed by atoms with van der Waals surface area (Å²) in [6.45, 7) is 1.48. The van der Waals surface area contributed by atoms with E-state index in [4.69, 9.17) is 4.74 Å². The van der Waals surface area contributed by atoms with Crippen molar-refractivity contribution in [2.24, 2.45) is 5.92 Å². The third-order valence-electron chi connectivity index (χ3n) is 5.83. The second-order valence-electron chi connectivity index (χ2n) is 7.72. The van der Waals surface area contributed by atoms with Crippen LogP contribution in [0.15, 0.2) is 54.7 Å². The summed E-state index contributed by atoms with van der Waals surface area (Å²) in [4.78, 5) is 26.9. The van der Waals surface area contributed by atoms with Crippen molar-refractivity contribution < 1.29 is 14.3 Å². The lowest BCUT2D eigenvalue weighted by molar-refractivity contribution is -0.126. The smallest absolute Gasteiger partial charge is 0.229 e. The van der Waals surface area contributed by atoms with Crippen LogP contribution in [0, 0.1) is 5.92 Å². The first-order valence-electron chi connectivity index (χ1n) is 10.3. The quantitative estimate of drug-likeness (QED) is 0.505. The molecule has 0 saturated carbocycles. The SMILES string of the molecule is COc1ccc2c(ccn2CCNC(=O)[C@H]2CC(=O)N(c3n[nH]c4ccccc34)C2)c1. The van der Waals surface area contributed by atoms with Gasteiger partial charge in [0.15, 0.2) is 5.82 Å². The van der Waals surface area contributed by atoms with Crippen LogP contribution >= 0.6 is 0 Å². The van der Waals surface area contributed by atoms with Gasteiger partial charge in [-0.25, -0.2) is 0 Å². The van der Waals surface area contributed by atoms with Crippen molar-refractivity contribution in [2.75, 3.05) is 25.1 Å². The van der Waals surface area contributed by atoms with Crippen molar-refractivity contribution in [1.29, 1.82) is 0 Å². The summed E-state index contributed by atoms with van der Waals surface area (Å²) in [7, 11) is 1.65. The number of carbonyl (C=O) groups excluding carboxylic acids is 2. The zero-order valence-corrected chi connectivity index (χ0v) is 17.2. The van der Waals surface area contributed by atoms with Crippen LogP contribution in [0.25, 0.3) is 21.8 Å². The maximum atomic E-state index is 12.7. The fourth-order valence-corrected chi connectivity index (χ4v) is 4.19. The minimum Gasteiger partial charge on any atom is -0.497 e. The molecule has 2 aromatic carbocycles. The summed E-state index contributed by atoms with van der Waals surface area (Å²) in [5.74, 6) is 0.842. The lowest BCUT2D eigenvalue weighted by Crippen LogP contribution is -2.34. The molecule has 0 spiro atoms. The van der Waals surface area contributed by atoms with Gasteiger partial charge < -0.3 is 14.6 Å². The van der Waals surface area contributed by atoms with E-state index in [2.05, 4.69) is 20.1 Å². The van der Waals surface area contributed by atoms with Gasteiger partial charge in [-0.2, -0.15) is 5.10 Å². The number of rotatable bonds is 6. The summed E-state index contributed by atoms with van der Waals surface area (Å²) in [5.41, 5.74) is 1.96. The van der Waals surface area contributed by atoms with Gasteiger partial charge in [-0.05, 0) is 36.4 Å². The monoisotopic (exact) mass is 417 g/mol. The third kappa shape index (κ3) is 3.50. The highest BCUT2D eigenvalue weighted by atomic mass is 16.5. The first-order valence-corrected chi connectivity index (χ1v) is 10.3. The van der Waals surface area contributed by atoms with Gasteiger partial charge in [-0.3, -0.25) is 19.6 Å². The maximum Gasteiger partial charge on any atom is 0.229 e. The molecular formula is C23H23N5O3. The Kier molecular flexibility index (Phi) is 4.82. The van der Waals surface area contributed by atoms with Crippen LogP contribution < -0.4 is 15.0 Å². The largest absolute Gasteiger partial charge is 0.497 e. The molecule has 1 saturated heterocycles. The van der Waals surface area contributed by atoms with Crippen molar-refractivity contribution in [3.8, 4) is 5.75 Å². The Morgan fingerprint density at radius 3 is 3.00 bits per heavy atom. The molecule has 2 N–H and O–H groups in total. The Balaban J connectivity index is 1.21. The predicted octanol–water partition coefficient (Wildman–Crippen LogP) is 2.70. The summed E-state index contributed by atoms with van der Waals surface area (Å²) in [5, 5.41) is 12.2. The van der Waals surface area contributed by atoms with Gasteiger partial charge in [0, 0.05) is 48.5 Å². The topological polar surface area (TPSA) is 92.2 Å². The lowest BCUT2D eigenvalue weighted by Gasteiger charge is -2.14. The number of para-hydroxylation sites is 1. The normalized spacial score (nSPS) is 16.4. The molecule has 1 aliphatic rings. The number of benzene rings is 2. The number of ether oxygens (including phenoxy) is 1. The summed E-state index contributed by atoms with van der Waals surface area (Å²) < 4.78 is 7.36. The first-order chi connectivity index (χ1) is 15.1. The predicted molar refractivity (Wildman–Crippen MR) is 118 cm³/mol. The minimum absolute atomic E-state index is 0.0808. The van der Waals surface area contributed by atoms with E-state index < -0.39 is 0 Å². The minimum atomic E-state index is -0.381. The Morgan fingerprint density at radius 2 is 2.13 bits per heavy atom. The second kappa shape index (κ2) is 7.79. The molecule has 0 aliphatic carbocycles. The highest BCUT2D eigenvalue weighted by molar-refractivity contribution is 6.05. The van der Waals surface area contributed by atoms with Crippen molar-refractivity contribution in [3.63, 3.8) is 0 Å². The van der Waals surface area contributed by atoms with Crippen LogP contribution in [0.5, 0.6) is 5.75 Å². The van der Waals surface area contributed by atoms with E-state index in [9.17, 15) is 9.59 Å². The van der Waals surface area contributed by atoms with E-state index in [0.717, 1.165) is 27.6 Å². The van der Waals surface area contributed by atoms with Gasteiger partial charge in [0.2, 0.25) is 11.8 Å². The number of hydrogen-bond donors (Lipinski definition) is 2.